The molecule has 2 aliphatic heterocycles. The number of rotatable bonds is 6. The minimum absolute atomic E-state index is 0.370. The first-order chi connectivity index (χ1) is 12.9. The lowest BCUT2D eigenvalue weighted by atomic mass is 9.88. The van der Waals surface area contributed by atoms with Crippen LogP contribution in [0.15, 0.2) is 30.6 Å². The van der Waals surface area contributed by atoms with Crippen LogP contribution in [0.1, 0.15) is 32.4 Å². The van der Waals surface area contributed by atoms with Crippen LogP contribution >= 0.6 is 0 Å². The van der Waals surface area contributed by atoms with Gasteiger partial charge in [0.2, 0.25) is 0 Å². The number of nitrogens with one attached hydrogen (secondary N) is 1. The second-order valence-electron chi connectivity index (χ2n) is 8.91. The molecule has 27 heavy (non-hydrogen) atoms. The average molecular weight is 372 g/mol. The van der Waals surface area contributed by atoms with Gasteiger partial charge in [-0.25, -0.2) is 4.39 Å². The Morgan fingerprint density at radius 2 is 2.04 bits per heavy atom. The van der Waals surface area contributed by atoms with Crippen LogP contribution in [0.3, 0.4) is 0 Å². The molecular weight excluding hydrogens is 343 g/mol. The van der Waals surface area contributed by atoms with Crippen molar-refractivity contribution in [2.24, 2.45) is 17.3 Å². The van der Waals surface area contributed by atoms with E-state index in [4.69, 9.17) is 4.74 Å². The second-order valence-corrected chi connectivity index (χ2v) is 8.91. The maximum Gasteiger partial charge on any atom is 0.148 e. The van der Waals surface area contributed by atoms with Crippen LogP contribution in [0.4, 0.5) is 10.2 Å². The van der Waals surface area contributed by atoms with Crippen LogP contribution in [0.2, 0.25) is 0 Å². The number of ether oxygens (including phenoxy) is 1. The molecule has 1 aromatic heterocycles. The zero-order chi connectivity index (χ0) is 19.0. The number of aromatic nitrogens is 2. The first-order valence-electron chi connectivity index (χ1n) is 9.84. The van der Waals surface area contributed by atoms with Crippen molar-refractivity contribution in [1.82, 2.24) is 15.1 Å². The van der Waals surface area contributed by atoms with Gasteiger partial charge < -0.3 is 15.0 Å². The highest BCUT2D eigenvalue weighted by Gasteiger charge is 2.44. The summed E-state index contributed by atoms with van der Waals surface area (Å²) in [7, 11) is 0. The Morgan fingerprint density at radius 3 is 2.56 bits per heavy atom. The molecule has 0 amide bonds. The second kappa shape index (κ2) is 7.32. The summed E-state index contributed by atoms with van der Waals surface area (Å²) in [4.78, 5) is 2.64. The summed E-state index contributed by atoms with van der Waals surface area (Å²) >= 11 is 0. The monoisotopic (exact) mass is 372 g/mol. The highest BCUT2D eigenvalue weighted by Crippen LogP contribution is 2.40. The number of allylic oxidation sites excluding steroid dienone is 3. The van der Waals surface area contributed by atoms with Gasteiger partial charge in [-0.15, -0.1) is 10.2 Å². The SMILES string of the molecule is C=C(F)/C=C(\C)c1ccc(NC2C[C@@H]3CN(CC4(C)COC4)C[C@@H]3C2)nn1. The lowest BCUT2D eigenvalue weighted by Gasteiger charge is -2.41. The van der Waals surface area contributed by atoms with Crippen molar-refractivity contribution < 1.29 is 9.13 Å². The third-order valence-electron chi connectivity index (χ3n) is 6.13. The van der Waals surface area contributed by atoms with E-state index in [-0.39, 0.29) is 0 Å². The van der Waals surface area contributed by atoms with Crippen LogP contribution in [-0.2, 0) is 4.74 Å². The molecule has 1 saturated carbocycles. The Hall–Kier alpha value is -1.79. The first-order valence-corrected chi connectivity index (χ1v) is 9.84. The normalized spacial score (nSPS) is 30.0. The van der Waals surface area contributed by atoms with E-state index in [2.05, 4.69) is 33.9 Å². The van der Waals surface area contributed by atoms with E-state index in [0.717, 1.165) is 36.4 Å². The number of halogens is 1. The molecule has 6 heteroatoms. The van der Waals surface area contributed by atoms with Crippen LogP contribution < -0.4 is 5.32 Å². The molecular formula is C21H29FN4O. The van der Waals surface area contributed by atoms with Gasteiger partial charge in [0.25, 0.3) is 0 Å². The van der Waals surface area contributed by atoms with Gasteiger partial charge in [-0.2, -0.15) is 0 Å². The molecule has 0 spiro atoms. The number of likely N-dealkylation sites (tertiary alicyclic amines) is 1. The zero-order valence-electron chi connectivity index (χ0n) is 16.2. The van der Waals surface area contributed by atoms with Gasteiger partial charge in [0.05, 0.1) is 18.9 Å². The summed E-state index contributed by atoms with van der Waals surface area (Å²) in [6.45, 7) is 12.8. The molecule has 146 valence electrons. The molecule has 2 saturated heterocycles. The molecule has 5 nitrogen and oxygen atoms in total. The molecule has 1 aromatic rings. The van der Waals surface area contributed by atoms with Crippen LogP contribution in [-0.4, -0.2) is 54.0 Å². The average Bonchev–Trinajstić information content (AvgIpc) is 3.11. The van der Waals surface area contributed by atoms with E-state index in [9.17, 15) is 4.39 Å². The summed E-state index contributed by atoms with van der Waals surface area (Å²) in [5, 5.41) is 12.0. The Labute approximate surface area is 160 Å². The van der Waals surface area contributed by atoms with Crippen LogP contribution in [0.25, 0.3) is 5.57 Å². The highest BCUT2D eigenvalue weighted by molar-refractivity contribution is 5.63. The highest BCUT2D eigenvalue weighted by atomic mass is 19.1. The van der Waals surface area contributed by atoms with Crippen molar-refractivity contribution in [2.75, 3.05) is 38.2 Å². The summed E-state index contributed by atoms with van der Waals surface area (Å²) in [6.07, 6.45) is 3.76. The van der Waals surface area contributed by atoms with Crippen molar-refractivity contribution in [3.63, 3.8) is 0 Å². The summed E-state index contributed by atoms with van der Waals surface area (Å²) < 4.78 is 18.3. The zero-order valence-corrected chi connectivity index (χ0v) is 16.2. The number of hydrogen-bond donors (Lipinski definition) is 1. The fraction of sp³-hybridized carbons (Fsp3) is 0.619. The predicted octanol–water partition coefficient (Wildman–Crippen LogP) is 3.52. The Balaban J connectivity index is 1.28. The van der Waals surface area contributed by atoms with Crippen LogP contribution in [0.5, 0.6) is 0 Å². The lowest BCUT2D eigenvalue weighted by Crippen LogP contribution is -2.48. The lowest BCUT2D eigenvalue weighted by molar-refractivity contribution is -0.113. The van der Waals surface area contributed by atoms with Crippen molar-refractivity contribution in [3.05, 3.63) is 36.3 Å². The van der Waals surface area contributed by atoms with Gasteiger partial charge in [0, 0.05) is 31.1 Å². The summed E-state index contributed by atoms with van der Waals surface area (Å²) in [5.74, 6) is 1.88. The third-order valence-corrected chi connectivity index (χ3v) is 6.13. The minimum Gasteiger partial charge on any atom is -0.380 e. The van der Waals surface area contributed by atoms with Crippen molar-refractivity contribution >= 4 is 11.4 Å². The van der Waals surface area contributed by atoms with Crippen molar-refractivity contribution in [3.8, 4) is 0 Å². The Morgan fingerprint density at radius 1 is 1.33 bits per heavy atom. The fourth-order valence-electron chi connectivity index (χ4n) is 4.86. The van der Waals surface area contributed by atoms with E-state index in [0.29, 0.717) is 17.2 Å². The standard InChI is InChI=1S/C21H29FN4O/c1-14(6-15(2)22)19-4-5-20(25-24-19)23-18-7-16-9-26(10-17(16)8-18)11-21(3)12-27-13-21/h4-6,16-18H,2,7-13H2,1,3H3,(H,23,25)/b14-6+/t16-,17+,18?. The third kappa shape index (κ3) is 4.22. The maximum atomic E-state index is 12.9. The predicted molar refractivity (Wildman–Crippen MR) is 105 cm³/mol. The molecule has 3 heterocycles. The molecule has 1 aliphatic carbocycles. The first kappa shape index (κ1) is 18.6. The molecule has 4 rings (SSSR count). The quantitative estimate of drug-likeness (QED) is 0.775. The largest absolute Gasteiger partial charge is 0.380 e. The Bertz CT molecular complexity index is 714. The van der Waals surface area contributed by atoms with Gasteiger partial charge in [-0.3, -0.25) is 0 Å². The van der Waals surface area contributed by atoms with E-state index >= 15 is 0 Å². The topological polar surface area (TPSA) is 50.3 Å². The molecule has 0 bridgehead atoms. The Kier molecular flexibility index (Phi) is 5.03. The number of nitrogens with zero attached hydrogens (tertiary/aromatic N) is 3. The van der Waals surface area contributed by atoms with E-state index < -0.39 is 5.83 Å². The fourth-order valence-corrected chi connectivity index (χ4v) is 4.86. The molecule has 3 aliphatic rings. The molecule has 0 radical (unpaired) electrons. The molecule has 3 atom stereocenters. The smallest absolute Gasteiger partial charge is 0.148 e. The van der Waals surface area contributed by atoms with Gasteiger partial charge in [-0.05, 0) is 55.4 Å². The van der Waals surface area contributed by atoms with Gasteiger partial charge in [-0.1, -0.05) is 13.5 Å². The summed E-state index contributed by atoms with van der Waals surface area (Å²) in [5.41, 5.74) is 1.77. The number of anilines is 1. The molecule has 1 N–H and O–H groups in total. The van der Waals surface area contributed by atoms with Gasteiger partial charge in [0.1, 0.15) is 11.6 Å². The van der Waals surface area contributed by atoms with Gasteiger partial charge >= 0.3 is 0 Å². The number of hydrogen-bond acceptors (Lipinski definition) is 5. The van der Waals surface area contributed by atoms with Crippen LogP contribution in [0, 0.1) is 17.3 Å². The molecule has 3 fully saturated rings. The minimum atomic E-state index is -0.470. The van der Waals surface area contributed by atoms with E-state index in [1.165, 1.54) is 38.6 Å². The summed E-state index contributed by atoms with van der Waals surface area (Å²) in [6, 6.07) is 4.27. The molecule has 0 aromatic carbocycles. The van der Waals surface area contributed by atoms with Crippen molar-refractivity contribution in [1.29, 1.82) is 0 Å². The maximum absolute atomic E-state index is 12.9. The number of fused-ring (bicyclic) bond motifs is 1. The molecule has 1 unspecified atom stereocenters. The van der Waals surface area contributed by atoms with E-state index in [1.807, 2.05) is 19.1 Å². The van der Waals surface area contributed by atoms with Crippen molar-refractivity contribution in [2.45, 2.75) is 32.7 Å². The van der Waals surface area contributed by atoms with E-state index in [1.54, 1.807) is 0 Å². The van der Waals surface area contributed by atoms with Gasteiger partial charge in [0.15, 0.2) is 0 Å².